The van der Waals surface area contributed by atoms with Crippen LogP contribution in [-0.2, 0) is 0 Å². The standard InChI is InChI=1S/C42H28N4/c1-2-14-29(15-3-1)32-18-4-7-23-37(32)46-40-26-13-21-33(30-16-12-17-31(28-30)36-22-10-11-27-43-36)41(40)44-42(46)45-38-24-8-5-19-34(38)35-20-6-9-25-39(35)45/h1-28H. The quantitative estimate of drug-likeness (QED) is 0.200. The van der Waals surface area contributed by atoms with Gasteiger partial charge in [-0.05, 0) is 53.6 Å². The van der Waals surface area contributed by atoms with Gasteiger partial charge in [0.1, 0.15) is 0 Å². The highest BCUT2D eigenvalue weighted by atomic mass is 15.2. The van der Waals surface area contributed by atoms with Crippen molar-refractivity contribution in [2.24, 2.45) is 0 Å². The Labute approximate surface area is 266 Å². The Morgan fingerprint density at radius 3 is 1.80 bits per heavy atom. The van der Waals surface area contributed by atoms with E-state index in [0.29, 0.717) is 0 Å². The Hall–Kier alpha value is -6.26. The van der Waals surface area contributed by atoms with Crippen LogP contribution in [0.2, 0.25) is 0 Å². The molecule has 0 aliphatic heterocycles. The number of hydrogen-bond donors (Lipinski definition) is 0. The van der Waals surface area contributed by atoms with E-state index < -0.39 is 0 Å². The molecule has 3 heterocycles. The normalized spacial score (nSPS) is 11.5. The van der Waals surface area contributed by atoms with Crippen LogP contribution in [0.1, 0.15) is 0 Å². The molecular weight excluding hydrogens is 560 g/mol. The van der Waals surface area contributed by atoms with Gasteiger partial charge in [0.25, 0.3) is 0 Å². The molecule has 0 bridgehead atoms. The number of aromatic nitrogens is 4. The Balaban J connectivity index is 1.39. The molecule has 0 saturated carbocycles. The third-order valence-corrected chi connectivity index (χ3v) is 8.81. The lowest BCUT2D eigenvalue weighted by Gasteiger charge is -2.16. The van der Waals surface area contributed by atoms with Crippen LogP contribution in [0.3, 0.4) is 0 Å². The molecule has 9 aromatic rings. The van der Waals surface area contributed by atoms with E-state index >= 15 is 0 Å². The highest BCUT2D eigenvalue weighted by molar-refractivity contribution is 6.09. The lowest BCUT2D eigenvalue weighted by atomic mass is 10.00. The highest BCUT2D eigenvalue weighted by Crippen LogP contribution is 2.39. The summed E-state index contributed by atoms with van der Waals surface area (Å²) < 4.78 is 4.66. The largest absolute Gasteiger partial charge is 0.279 e. The maximum atomic E-state index is 5.56. The summed E-state index contributed by atoms with van der Waals surface area (Å²) in [4.78, 5) is 10.2. The fourth-order valence-electron chi connectivity index (χ4n) is 6.76. The van der Waals surface area contributed by atoms with Crippen LogP contribution in [0.4, 0.5) is 0 Å². The zero-order valence-corrected chi connectivity index (χ0v) is 25.0. The monoisotopic (exact) mass is 588 g/mol. The van der Waals surface area contributed by atoms with E-state index in [4.69, 9.17) is 4.98 Å². The molecule has 9 rings (SSSR count). The second-order valence-corrected chi connectivity index (χ2v) is 11.5. The van der Waals surface area contributed by atoms with Gasteiger partial charge in [0, 0.05) is 33.7 Å². The fourth-order valence-corrected chi connectivity index (χ4v) is 6.76. The molecule has 0 amide bonds. The SMILES string of the molecule is c1ccc(-c2ccccc2-n2c(-n3c4ccccc4c4ccccc43)nc3c(-c4cccc(-c5ccccn5)c4)cccc32)cc1. The molecule has 0 atom stereocenters. The Morgan fingerprint density at radius 2 is 1.02 bits per heavy atom. The number of para-hydroxylation sites is 4. The fraction of sp³-hybridized carbons (Fsp3) is 0. The van der Waals surface area contributed by atoms with Crippen molar-refractivity contribution in [2.75, 3.05) is 0 Å². The van der Waals surface area contributed by atoms with Crippen molar-refractivity contribution in [3.63, 3.8) is 0 Å². The number of rotatable bonds is 5. The predicted octanol–water partition coefficient (Wildman–Crippen LogP) is 10.5. The first-order chi connectivity index (χ1) is 22.8. The summed E-state index contributed by atoms with van der Waals surface area (Å²) >= 11 is 0. The van der Waals surface area contributed by atoms with Crippen molar-refractivity contribution < 1.29 is 0 Å². The van der Waals surface area contributed by atoms with Crippen molar-refractivity contribution >= 4 is 32.8 Å². The van der Waals surface area contributed by atoms with Gasteiger partial charge in [-0.15, -0.1) is 0 Å². The van der Waals surface area contributed by atoms with Gasteiger partial charge in [0.2, 0.25) is 5.95 Å². The summed E-state index contributed by atoms with van der Waals surface area (Å²) in [6, 6.07) is 57.6. The van der Waals surface area contributed by atoms with E-state index in [-0.39, 0.29) is 0 Å². The van der Waals surface area contributed by atoms with Crippen LogP contribution in [0.5, 0.6) is 0 Å². The van der Waals surface area contributed by atoms with Crippen molar-refractivity contribution in [3.8, 4) is 45.1 Å². The molecule has 0 fully saturated rings. The Morgan fingerprint density at radius 1 is 0.413 bits per heavy atom. The Bertz CT molecular complexity index is 2470. The van der Waals surface area contributed by atoms with Crippen LogP contribution in [-0.4, -0.2) is 19.1 Å². The van der Waals surface area contributed by atoms with Crippen LogP contribution in [0.25, 0.3) is 78.0 Å². The zero-order valence-electron chi connectivity index (χ0n) is 25.0. The number of nitrogens with zero attached hydrogens (tertiary/aromatic N) is 4. The van der Waals surface area contributed by atoms with E-state index in [1.54, 1.807) is 0 Å². The average molecular weight is 589 g/mol. The molecule has 216 valence electrons. The summed E-state index contributed by atoms with van der Waals surface area (Å²) in [7, 11) is 0. The molecule has 0 aliphatic carbocycles. The third-order valence-electron chi connectivity index (χ3n) is 8.81. The number of imidazole rings is 1. The van der Waals surface area contributed by atoms with Crippen molar-refractivity contribution in [1.29, 1.82) is 0 Å². The molecule has 46 heavy (non-hydrogen) atoms. The number of benzene rings is 6. The lowest BCUT2D eigenvalue weighted by Crippen LogP contribution is -2.06. The summed E-state index contributed by atoms with van der Waals surface area (Å²) in [6.45, 7) is 0. The minimum absolute atomic E-state index is 0.851. The summed E-state index contributed by atoms with van der Waals surface area (Å²) in [6.07, 6.45) is 1.84. The molecule has 3 aromatic heterocycles. The average Bonchev–Trinajstić information content (AvgIpc) is 3.68. The first-order valence-electron chi connectivity index (χ1n) is 15.5. The van der Waals surface area contributed by atoms with E-state index in [1.807, 2.05) is 18.3 Å². The Kier molecular flexibility index (Phi) is 6.10. The van der Waals surface area contributed by atoms with E-state index in [0.717, 1.165) is 67.2 Å². The maximum absolute atomic E-state index is 5.56. The van der Waals surface area contributed by atoms with E-state index in [9.17, 15) is 0 Å². The van der Waals surface area contributed by atoms with Crippen LogP contribution in [0, 0.1) is 0 Å². The summed E-state index contributed by atoms with van der Waals surface area (Å²) in [5.41, 5.74) is 11.8. The molecule has 0 saturated heterocycles. The predicted molar refractivity (Wildman–Crippen MR) is 190 cm³/mol. The van der Waals surface area contributed by atoms with Crippen molar-refractivity contribution in [1.82, 2.24) is 19.1 Å². The first-order valence-corrected chi connectivity index (χ1v) is 15.5. The second kappa shape index (κ2) is 10.7. The van der Waals surface area contributed by atoms with Gasteiger partial charge < -0.3 is 0 Å². The molecule has 6 aromatic carbocycles. The van der Waals surface area contributed by atoms with Gasteiger partial charge in [-0.3, -0.25) is 14.1 Å². The van der Waals surface area contributed by atoms with Crippen LogP contribution >= 0.6 is 0 Å². The zero-order chi connectivity index (χ0) is 30.5. The van der Waals surface area contributed by atoms with Crippen LogP contribution in [0.15, 0.2) is 170 Å². The van der Waals surface area contributed by atoms with Crippen molar-refractivity contribution in [3.05, 3.63) is 170 Å². The second-order valence-electron chi connectivity index (χ2n) is 11.5. The molecule has 4 nitrogen and oxygen atoms in total. The lowest BCUT2D eigenvalue weighted by molar-refractivity contribution is 0.957. The molecular formula is C42H28N4. The minimum Gasteiger partial charge on any atom is -0.279 e. The van der Waals surface area contributed by atoms with Crippen molar-refractivity contribution in [2.45, 2.75) is 0 Å². The van der Waals surface area contributed by atoms with E-state index in [1.165, 1.54) is 10.8 Å². The van der Waals surface area contributed by atoms with Gasteiger partial charge >= 0.3 is 0 Å². The first kappa shape index (κ1) is 26.2. The molecule has 0 spiro atoms. The minimum atomic E-state index is 0.851. The van der Waals surface area contributed by atoms with Gasteiger partial charge in [-0.2, -0.15) is 0 Å². The van der Waals surface area contributed by atoms with E-state index in [2.05, 4.69) is 166 Å². The topological polar surface area (TPSA) is 35.6 Å². The van der Waals surface area contributed by atoms with Gasteiger partial charge in [-0.1, -0.05) is 121 Å². The summed E-state index contributed by atoms with van der Waals surface area (Å²) in [5, 5.41) is 2.41. The molecule has 0 unspecified atom stereocenters. The molecule has 0 radical (unpaired) electrons. The number of hydrogen-bond acceptors (Lipinski definition) is 2. The smallest absolute Gasteiger partial charge is 0.220 e. The van der Waals surface area contributed by atoms with Gasteiger partial charge in [0.05, 0.1) is 33.4 Å². The highest BCUT2D eigenvalue weighted by Gasteiger charge is 2.23. The third kappa shape index (κ3) is 4.15. The van der Waals surface area contributed by atoms with Gasteiger partial charge in [-0.25, -0.2) is 4.98 Å². The van der Waals surface area contributed by atoms with Crippen LogP contribution < -0.4 is 0 Å². The summed E-state index contributed by atoms with van der Waals surface area (Å²) in [5.74, 6) is 0.851. The van der Waals surface area contributed by atoms with Gasteiger partial charge in [0.15, 0.2) is 0 Å². The maximum Gasteiger partial charge on any atom is 0.220 e. The molecule has 4 heteroatoms. The number of fused-ring (bicyclic) bond motifs is 4. The molecule has 0 N–H and O–H groups in total. The molecule has 0 aliphatic rings. The number of pyridine rings is 1.